The van der Waals surface area contributed by atoms with Crippen molar-refractivity contribution >= 4 is 39.0 Å². The first-order valence-corrected chi connectivity index (χ1v) is 9.19. The molecule has 0 radical (unpaired) electrons. The zero-order valence-corrected chi connectivity index (χ0v) is 13.3. The molecule has 116 valence electrons. The van der Waals surface area contributed by atoms with Gasteiger partial charge in [-0.15, -0.1) is 0 Å². The molecule has 0 unspecified atom stereocenters. The Bertz CT molecular complexity index is 547. The minimum Gasteiger partial charge on any atom is -0.382 e. The number of nitrogen functional groups attached to an aromatic ring is 1. The van der Waals surface area contributed by atoms with Gasteiger partial charge in [-0.25, -0.2) is 4.98 Å². The quantitative estimate of drug-likeness (QED) is 0.805. The van der Waals surface area contributed by atoms with Crippen molar-refractivity contribution in [3.8, 4) is 0 Å². The zero-order valence-electron chi connectivity index (χ0n) is 11.6. The molecule has 2 aliphatic rings. The molecule has 2 fully saturated rings. The number of aromatic nitrogens is 1. The number of carbonyl (C=O) groups excluding carboxylic acids is 1. The van der Waals surface area contributed by atoms with Crippen LogP contribution >= 0.6 is 11.3 Å². The third kappa shape index (κ3) is 3.19. The molecule has 9 heteroatoms. The number of rotatable bonds is 2. The highest BCUT2D eigenvalue weighted by Crippen LogP contribution is 2.30. The Balaban J connectivity index is 1.74. The highest BCUT2D eigenvalue weighted by Gasteiger charge is 2.27. The van der Waals surface area contributed by atoms with Gasteiger partial charge in [0.2, 0.25) is 0 Å². The van der Waals surface area contributed by atoms with Gasteiger partial charge in [0, 0.05) is 48.5 Å². The van der Waals surface area contributed by atoms with Crippen LogP contribution < -0.4 is 10.6 Å². The topological polar surface area (TPSA) is 88.8 Å². The van der Waals surface area contributed by atoms with E-state index >= 15 is 0 Å². The van der Waals surface area contributed by atoms with Crippen LogP contribution in [0.5, 0.6) is 0 Å². The standard InChI is InChI=1S/C12H18N4O3S2/c13-10-9(11(17)15-3-7-21(18)8-4-15)20-12(14-10)16-1-5-19-6-2-16/h1-8,13H2. The van der Waals surface area contributed by atoms with Crippen molar-refractivity contribution in [1.29, 1.82) is 0 Å². The molecule has 0 atom stereocenters. The van der Waals surface area contributed by atoms with E-state index in [1.807, 2.05) is 0 Å². The van der Waals surface area contributed by atoms with Crippen LogP contribution in [-0.4, -0.2) is 70.9 Å². The van der Waals surface area contributed by atoms with Crippen molar-refractivity contribution in [1.82, 2.24) is 9.88 Å². The van der Waals surface area contributed by atoms with E-state index in [0.717, 1.165) is 18.2 Å². The summed E-state index contributed by atoms with van der Waals surface area (Å²) in [6, 6.07) is 0. The smallest absolute Gasteiger partial charge is 0.267 e. The summed E-state index contributed by atoms with van der Waals surface area (Å²) >= 11 is 1.34. The molecule has 3 rings (SSSR count). The van der Waals surface area contributed by atoms with Crippen LogP contribution in [0.25, 0.3) is 0 Å². The Morgan fingerprint density at radius 1 is 1.24 bits per heavy atom. The second-order valence-corrected chi connectivity index (χ2v) is 7.62. The van der Waals surface area contributed by atoms with Crippen LogP contribution in [0.3, 0.4) is 0 Å². The first kappa shape index (κ1) is 14.7. The van der Waals surface area contributed by atoms with E-state index in [2.05, 4.69) is 9.88 Å². The van der Waals surface area contributed by atoms with E-state index in [4.69, 9.17) is 10.5 Å². The Morgan fingerprint density at radius 3 is 2.57 bits per heavy atom. The number of anilines is 2. The van der Waals surface area contributed by atoms with Crippen molar-refractivity contribution < 1.29 is 13.7 Å². The number of morpholine rings is 1. The monoisotopic (exact) mass is 330 g/mol. The molecule has 0 aromatic carbocycles. The molecule has 0 bridgehead atoms. The number of hydrogen-bond acceptors (Lipinski definition) is 7. The van der Waals surface area contributed by atoms with Gasteiger partial charge < -0.3 is 20.3 Å². The van der Waals surface area contributed by atoms with Crippen LogP contribution in [0.15, 0.2) is 0 Å². The lowest BCUT2D eigenvalue weighted by molar-refractivity contribution is 0.0777. The molecule has 0 aliphatic carbocycles. The predicted molar refractivity (Wildman–Crippen MR) is 83.3 cm³/mol. The number of amides is 1. The third-order valence-electron chi connectivity index (χ3n) is 3.58. The maximum absolute atomic E-state index is 12.5. The molecule has 0 saturated carbocycles. The molecule has 0 spiro atoms. The van der Waals surface area contributed by atoms with Gasteiger partial charge in [-0.2, -0.15) is 0 Å². The maximum Gasteiger partial charge on any atom is 0.267 e. The van der Waals surface area contributed by atoms with Crippen molar-refractivity contribution in [2.75, 3.05) is 61.5 Å². The highest BCUT2D eigenvalue weighted by atomic mass is 32.2. The van der Waals surface area contributed by atoms with Crippen LogP contribution in [0.1, 0.15) is 9.67 Å². The minimum absolute atomic E-state index is 0.0961. The van der Waals surface area contributed by atoms with Crippen molar-refractivity contribution in [2.45, 2.75) is 0 Å². The summed E-state index contributed by atoms with van der Waals surface area (Å²) in [6.45, 7) is 3.92. The van der Waals surface area contributed by atoms with Gasteiger partial charge >= 0.3 is 0 Å². The number of thiazole rings is 1. The van der Waals surface area contributed by atoms with Crippen LogP contribution in [0.2, 0.25) is 0 Å². The highest BCUT2D eigenvalue weighted by molar-refractivity contribution is 7.85. The Kier molecular flexibility index (Phi) is 4.41. The summed E-state index contributed by atoms with van der Waals surface area (Å²) in [4.78, 5) is 21.1. The molecule has 2 saturated heterocycles. The van der Waals surface area contributed by atoms with Gasteiger partial charge in [-0.3, -0.25) is 9.00 Å². The summed E-state index contributed by atoms with van der Waals surface area (Å²) in [6.07, 6.45) is 0. The summed E-state index contributed by atoms with van der Waals surface area (Å²) in [5, 5.41) is 0.778. The number of nitrogens with zero attached hydrogens (tertiary/aromatic N) is 3. The van der Waals surface area contributed by atoms with E-state index in [9.17, 15) is 9.00 Å². The van der Waals surface area contributed by atoms with E-state index < -0.39 is 10.8 Å². The van der Waals surface area contributed by atoms with Crippen LogP contribution in [-0.2, 0) is 15.5 Å². The van der Waals surface area contributed by atoms with Crippen LogP contribution in [0.4, 0.5) is 10.9 Å². The van der Waals surface area contributed by atoms with Crippen LogP contribution in [0, 0.1) is 0 Å². The largest absolute Gasteiger partial charge is 0.382 e. The van der Waals surface area contributed by atoms with Gasteiger partial charge in [0.05, 0.1) is 13.2 Å². The fraction of sp³-hybridized carbons (Fsp3) is 0.667. The van der Waals surface area contributed by atoms with Crippen molar-refractivity contribution in [3.63, 3.8) is 0 Å². The van der Waals surface area contributed by atoms with E-state index in [1.165, 1.54) is 11.3 Å². The normalized spacial score (nSPS) is 20.8. The Labute approximate surface area is 129 Å². The van der Waals surface area contributed by atoms with Gasteiger partial charge in [-0.05, 0) is 0 Å². The number of nitrogens with two attached hydrogens (primary N) is 1. The van der Waals surface area contributed by atoms with Gasteiger partial charge in [0.1, 0.15) is 10.7 Å². The first-order chi connectivity index (χ1) is 10.1. The third-order valence-corrected chi connectivity index (χ3v) is 5.98. The molecule has 3 heterocycles. The molecule has 1 aromatic rings. The second kappa shape index (κ2) is 6.29. The zero-order chi connectivity index (χ0) is 14.8. The Morgan fingerprint density at radius 2 is 1.90 bits per heavy atom. The lowest BCUT2D eigenvalue weighted by atomic mass is 10.4. The number of carbonyl (C=O) groups is 1. The number of hydrogen-bond donors (Lipinski definition) is 1. The summed E-state index contributed by atoms with van der Waals surface area (Å²) in [7, 11) is -0.797. The first-order valence-electron chi connectivity index (χ1n) is 6.88. The SMILES string of the molecule is Nc1nc(N2CCOCC2)sc1C(=O)N1CCS(=O)CC1. The van der Waals surface area contributed by atoms with E-state index in [0.29, 0.717) is 42.7 Å². The molecular weight excluding hydrogens is 312 g/mol. The lowest BCUT2D eigenvalue weighted by Crippen LogP contribution is -2.41. The van der Waals surface area contributed by atoms with E-state index in [-0.39, 0.29) is 11.7 Å². The summed E-state index contributed by atoms with van der Waals surface area (Å²) < 4.78 is 16.7. The molecule has 1 aromatic heterocycles. The maximum atomic E-state index is 12.5. The molecule has 1 amide bonds. The molecule has 2 N–H and O–H groups in total. The summed E-state index contributed by atoms with van der Waals surface area (Å²) in [5.74, 6) is 1.28. The van der Waals surface area contributed by atoms with Gasteiger partial charge in [0.25, 0.3) is 5.91 Å². The number of ether oxygens (including phenoxy) is 1. The minimum atomic E-state index is -0.797. The van der Waals surface area contributed by atoms with Crippen molar-refractivity contribution in [2.24, 2.45) is 0 Å². The molecule has 7 nitrogen and oxygen atoms in total. The fourth-order valence-corrected chi connectivity index (χ4v) is 4.40. The molecular formula is C12H18N4O3S2. The molecule has 21 heavy (non-hydrogen) atoms. The second-order valence-electron chi connectivity index (χ2n) is 4.95. The average molecular weight is 330 g/mol. The van der Waals surface area contributed by atoms with E-state index in [1.54, 1.807) is 4.90 Å². The predicted octanol–water partition coefficient (Wildman–Crippen LogP) is -0.234. The molecule has 2 aliphatic heterocycles. The van der Waals surface area contributed by atoms with Gasteiger partial charge in [0.15, 0.2) is 5.13 Å². The summed E-state index contributed by atoms with van der Waals surface area (Å²) in [5.41, 5.74) is 5.92. The van der Waals surface area contributed by atoms with Crippen molar-refractivity contribution in [3.05, 3.63) is 4.88 Å². The lowest BCUT2D eigenvalue weighted by Gasteiger charge is -2.26. The average Bonchev–Trinajstić information content (AvgIpc) is 2.90. The fourth-order valence-electron chi connectivity index (χ4n) is 2.35. The van der Waals surface area contributed by atoms with Gasteiger partial charge in [-0.1, -0.05) is 11.3 Å². The Hall–Kier alpha value is -1.19.